The maximum absolute atomic E-state index is 12.2. The topological polar surface area (TPSA) is 67.2 Å². The van der Waals surface area contributed by atoms with Crippen LogP contribution in [0.5, 0.6) is 0 Å². The minimum absolute atomic E-state index is 0.0299. The Bertz CT molecular complexity index is 602. The lowest BCUT2D eigenvalue weighted by molar-refractivity contribution is 0.0940. The van der Waals surface area contributed by atoms with Crippen LogP contribution in [0.1, 0.15) is 41.2 Å². The first-order valence-corrected chi connectivity index (χ1v) is 7.21. The van der Waals surface area contributed by atoms with Crippen LogP contribution in [-0.2, 0) is 26.1 Å². The van der Waals surface area contributed by atoms with Crippen molar-refractivity contribution in [2.24, 2.45) is 0 Å². The summed E-state index contributed by atoms with van der Waals surface area (Å²) in [6.45, 7) is 5.15. The van der Waals surface area contributed by atoms with E-state index in [-0.39, 0.29) is 12.5 Å². The second kappa shape index (κ2) is 7.04. The van der Waals surface area contributed by atoms with Crippen LogP contribution in [-0.4, -0.2) is 20.8 Å². The van der Waals surface area contributed by atoms with E-state index in [1.54, 1.807) is 4.68 Å². The van der Waals surface area contributed by atoms with Crippen LogP contribution < -0.4 is 5.32 Å². The number of aryl methyl sites for hydroxylation is 2. The SMILES string of the molecule is CCc1cc(C(=O)NCc2ccc(CO)cc2)n(CC)n1. The highest BCUT2D eigenvalue weighted by atomic mass is 16.3. The molecule has 0 radical (unpaired) electrons. The number of aromatic nitrogens is 2. The fraction of sp³-hybridized carbons (Fsp3) is 0.375. The maximum Gasteiger partial charge on any atom is 0.269 e. The van der Waals surface area contributed by atoms with Gasteiger partial charge in [-0.15, -0.1) is 0 Å². The predicted molar refractivity (Wildman–Crippen MR) is 80.8 cm³/mol. The van der Waals surface area contributed by atoms with Gasteiger partial charge in [-0.3, -0.25) is 9.48 Å². The number of amides is 1. The zero-order valence-corrected chi connectivity index (χ0v) is 12.5. The molecule has 0 unspecified atom stereocenters. The summed E-state index contributed by atoms with van der Waals surface area (Å²) in [4.78, 5) is 12.2. The van der Waals surface area contributed by atoms with Crippen molar-refractivity contribution in [1.29, 1.82) is 0 Å². The molecular weight excluding hydrogens is 266 g/mol. The van der Waals surface area contributed by atoms with Gasteiger partial charge < -0.3 is 10.4 Å². The number of carbonyl (C=O) groups excluding carboxylic acids is 1. The van der Waals surface area contributed by atoms with Crippen LogP contribution in [0.4, 0.5) is 0 Å². The van der Waals surface area contributed by atoms with Gasteiger partial charge in [0.05, 0.1) is 12.3 Å². The standard InChI is InChI=1S/C16H21N3O2/c1-3-14-9-15(19(4-2)18-14)16(21)17-10-12-5-7-13(11-20)8-6-12/h5-9,20H,3-4,10-11H2,1-2H3,(H,17,21). The van der Waals surface area contributed by atoms with Crippen molar-refractivity contribution < 1.29 is 9.90 Å². The smallest absolute Gasteiger partial charge is 0.269 e. The van der Waals surface area contributed by atoms with E-state index in [4.69, 9.17) is 5.11 Å². The molecule has 0 fully saturated rings. The molecule has 0 aliphatic heterocycles. The van der Waals surface area contributed by atoms with Gasteiger partial charge in [0.2, 0.25) is 0 Å². The van der Waals surface area contributed by atoms with E-state index >= 15 is 0 Å². The van der Waals surface area contributed by atoms with Gasteiger partial charge in [-0.25, -0.2) is 0 Å². The summed E-state index contributed by atoms with van der Waals surface area (Å²) < 4.78 is 1.73. The van der Waals surface area contributed by atoms with Gasteiger partial charge in [-0.1, -0.05) is 31.2 Å². The minimum Gasteiger partial charge on any atom is -0.392 e. The van der Waals surface area contributed by atoms with E-state index < -0.39 is 0 Å². The fourth-order valence-corrected chi connectivity index (χ4v) is 2.10. The van der Waals surface area contributed by atoms with Gasteiger partial charge in [-0.05, 0) is 30.5 Å². The molecule has 0 saturated heterocycles. The van der Waals surface area contributed by atoms with Gasteiger partial charge in [0.25, 0.3) is 5.91 Å². The Labute approximate surface area is 124 Å². The summed E-state index contributed by atoms with van der Waals surface area (Å²) in [6.07, 6.45) is 0.815. The first-order chi connectivity index (χ1) is 10.2. The summed E-state index contributed by atoms with van der Waals surface area (Å²) in [5.41, 5.74) is 3.39. The molecular formula is C16H21N3O2. The van der Waals surface area contributed by atoms with Crippen molar-refractivity contribution in [3.63, 3.8) is 0 Å². The molecule has 1 aromatic heterocycles. The molecule has 0 spiro atoms. The molecule has 2 N–H and O–H groups in total. The number of nitrogens with one attached hydrogen (secondary N) is 1. The van der Waals surface area contributed by atoms with Crippen LogP contribution in [0.15, 0.2) is 30.3 Å². The highest BCUT2D eigenvalue weighted by molar-refractivity contribution is 5.92. The third-order valence-corrected chi connectivity index (χ3v) is 3.38. The highest BCUT2D eigenvalue weighted by Crippen LogP contribution is 2.07. The van der Waals surface area contributed by atoms with Gasteiger partial charge in [0.1, 0.15) is 5.69 Å². The molecule has 5 heteroatoms. The number of carbonyl (C=O) groups is 1. The molecule has 1 aromatic carbocycles. The molecule has 2 aromatic rings. The summed E-state index contributed by atoms with van der Waals surface area (Å²) in [5, 5.41) is 16.3. The molecule has 0 aliphatic carbocycles. The van der Waals surface area contributed by atoms with Crippen molar-refractivity contribution in [2.45, 2.75) is 40.0 Å². The molecule has 0 bridgehead atoms. The Balaban J connectivity index is 2.02. The Kier molecular flexibility index (Phi) is 5.11. The number of aliphatic hydroxyl groups is 1. The van der Waals surface area contributed by atoms with Crippen molar-refractivity contribution in [1.82, 2.24) is 15.1 Å². The molecule has 1 amide bonds. The zero-order valence-electron chi connectivity index (χ0n) is 12.5. The Hall–Kier alpha value is -2.14. The van der Waals surface area contributed by atoms with Gasteiger partial charge in [0.15, 0.2) is 0 Å². The lowest BCUT2D eigenvalue weighted by Gasteiger charge is -2.07. The summed E-state index contributed by atoms with van der Waals surface area (Å²) in [5.74, 6) is -0.115. The van der Waals surface area contributed by atoms with Gasteiger partial charge in [0, 0.05) is 13.1 Å². The number of hydrogen-bond donors (Lipinski definition) is 2. The predicted octanol–water partition coefficient (Wildman–Crippen LogP) is 1.89. The van der Waals surface area contributed by atoms with Gasteiger partial charge >= 0.3 is 0 Å². The van der Waals surface area contributed by atoms with Crippen LogP contribution in [0, 0.1) is 0 Å². The van der Waals surface area contributed by atoms with Crippen LogP contribution >= 0.6 is 0 Å². The summed E-state index contributed by atoms with van der Waals surface area (Å²) >= 11 is 0. The highest BCUT2D eigenvalue weighted by Gasteiger charge is 2.13. The Morgan fingerprint density at radius 1 is 1.24 bits per heavy atom. The fourth-order valence-electron chi connectivity index (χ4n) is 2.10. The first-order valence-electron chi connectivity index (χ1n) is 7.21. The Morgan fingerprint density at radius 2 is 1.90 bits per heavy atom. The van der Waals surface area contributed by atoms with Crippen molar-refractivity contribution >= 4 is 5.91 Å². The number of benzene rings is 1. The van der Waals surface area contributed by atoms with Gasteiger partial charge in [-0.2, -0.15) is 5.10 Å². The molecule has 1 heterocycles. The second-order valence-corrected chi connectivity index (χ2v) is 4.85. The third-order valence-electron chi connectivity index (χ3n) is 3.38. The van der Waals surface area contributed by atoms with Crippen molar-refractivity contribution in [2.75, 3.05) is 0 Å². The lowest BCUT2D eigenvalue weighted by Crippen LogP contribution is -2.25. The summed E-state index contributed by atoms with van der Waals surface area (Å²) in [7, 11) is 0. The molecule has 112 valence electrons. The average molecular weight is 287 g/mol. The normalized spacial score (nSPS) is 10.6. The Morgan fingerprint density at radius 3 is 2.48 bits per heavy atom. The molecule has 2 rings (SSSR count). The van der Waals surface area contributed by atoms with Crippen molar-refractivity contribution in [3.8, 4) is 0 Å². The molecule has 5 nitrogen and oxygen atoms in total. The van der Waals surface area contributed by atoms with E-state index in [0.29, 0.717) is 18.8 Å². The summed E-state index contributed by atoms with van der Waals surface area (Å²) in [6, 6.07) is 9.36. The first kappa shape index (κ1) is 15.3. The maximum atomic E-state index is 12.2. The lowest BCUT2D eigenvalue weighted by atomic mass is 10.1. The monoisotopic (exact) mass is 287 g/mol. The third kappa shape index (κ3) is 3.70. The zero-order chi connectivity index (χ0) is 15.2. The van der Waals surface area contributed by atoms with E-state index in [1.807, 2.05) is 44.2 Å². The minimum atomic E-state index is -0.115. The largest absolute Gasteiger partial charge is 0.392 e. The molecule has 0 atom stereocenters. The second-order valence-electron chi connectivity index (χ2n) is 4.85. The molecule has 0 aliphatic rings. The van der Waals surface area contributed by atoms with E-state index in [9.17, 15) is 4.79 Å². The number of hydrogen-bond acceptors (Lipinski definition) is 3. The van der Waals surface area contributed by atoms with Crippen LogP contribution in [0.25, 0.3) is 0 Å². The van der Waals surface area contributed by atoms with E-state index in [1.165, 1.54) is 0 Å². The molecule has 21 heavy (non-hydrogen) atoms. The number of nitrogens with zero attached hydrogens (tertiary/aromatic N) is 2. The van der Waals surface area contributed by atoms with Crippen LogP contribution in [0.3, 0.4) is 0 Å². The van der Waals surface area contributed by atoms with E-state index in [2.05, 4.69) is 10.4 Å². The number of rotatable bonds is 6. The average Bonchev–Trinajstić information content (AvgIpc) is 2.96. The van der Waals surface area contributed by atoms with Crippen molar-refractivity contribution in [3.05, 3.63) is 52.8 Å². The number of aliphatic hydroxyl groups excluding tert-OH is 1. The van der Waals surface area contributed by atoms with Crippen LogP contribution in [0.2, 0.25) is 0 Å². The van der Waals surface area contributed by atoms with E-state index in [0.717, 1.165) is 23.2 Å². The molecule has 0 saturated carbocycles. The quantitative estimate of drug-likeness (QED) is 0.852.